The van der Waals surface area contributed by atoms with Crippen molar-refractivity contribution in [2.75, 3.05) is 4.90 Å². The molecule has 7 heteroatoms. The third-order valence-electron chi connectivity index (χ3n) is 4.28. The standard InChI is InChI=1S/C22H23N3O4/c1-14(26)15-5-9-17(10-6-15)28-18-11-7-16(8-12-18)25(21(23)27)20-13-19(29-24-20)22(2,3)4/h5-13H,1-4H3,(H2,23,27). The summed E-state index contributed by atoms with van der Waals surface area (Å²) in [4.78, 5) is 24.6. The van der Waals surface area contributed by atoms with E-state index in [1.165, 1.54) is 11.8 Å². The first-order chi connectivity index (χ1) is 13.6. The van der Waals surface area contributed by atoms with Gasteiger partial charge in [-0.1, -0.05) is 25.9 Å². The van der Waals surface area contributed by atoms with Crippen molar-refractivity contribution in [2.24, 2.45) is 5.73 Å². The molecule has 0 fully saturated rings. The molecular formula is C22H23N3O4. The molecule has 0 spiro atoms. The van der Waals surface area contributed by atoms with Crippen LogP contribution in [-0.4, -0.2) is 17.0 Å². The van der Waals surface area contributed by atoms with E-state index in [1.54, 1.807) is 54.6 Å². The third-order valence-corrected chi connectivity index (χ3v) is 4.28. The van der Waals surface area contributed by atoms with Crippen LogP contribution in [0.2, 0.25) is 0 Å². The Labute approximate surface area is 169 Å². The fraction of sp³-hybridized carbons (Fsp3) is 0.227. The van der Waals surface area contributed by atoms with Crippen molar-refractivity contribution in [3.8, 4) is 11.5 Å². The molecule has 0 unspecified atom stereocenters. The Balaban J connectivity index is 1.80. The molecular weight excluding hydrogens is 370 g/mol. The van der Waals surface area contributed by atoms with E-state index >= 15 is 0 Å². The molecule has 0 saturated heterocycles. The average molecular weight is 393 g/mol. The van der Waals surface area contributed by atoms with Gasteiger partial charge in [-0.05, 0) is 55.5 Å². The molecule has 2 N–H and O–H groups in total. The minimum absolute atomic E-state index is 0.00470. The number of rotatable bonds is 5. The minimum Gasteiger partial charge on any atom is -0.457 e. The monoisotopic (exact) mass is 393 g/mol. The second-order valence-electron chi connectivity index (χ2n) is 7.65. The summed E-state index contributed by atoms with van der Waals surface area (Å²) < 4.78 is 11.1. The average Bonchev–Trinajstić information content (AvgIpc) is 3.13. The minimum atomic E-state index is -0.674. The molecule has 0 aliphatic heterocycles. The Kier molecular flexibility index (Phi) is 5.41. The first kappa shape index (κ1) is 20.1. The van der Waals surface area contributed by atoms with E-state index in [2.05, 4.69) is 5.16 Å². The van der Waals surface area contributed by atoms with Gasteiger partial charge in [0.2, 0.25) is 0 Å². The molecule has 2 amide bonds. The fourth-order valence-corrected chi connectivity index (χ4v) is 2.65. The number of amides is 2. The number of nitrogens with zero attached hydrogens (tertiary/aromatic N) is 2. The molecule has 3 aromatic rings. The van der Waals surface area contributed by atoms with Crippen molar-refractivity contribution >= 4 is 23.3 Å². The number of Topliss-reactive ketones (excluding diaryl/α,β-unsaturated/α-hetero) is 1. The fourth-order valence-electron chi connectivity index (χ4n) is 2.65. The number of urea groups is 1. The summed E-state index contributed by atoms with van der Waals surface area (Å²) in [6.07, 6.45) is 0. The van der Waals surface area contributed by atoms with E-state index in [0.29, 0.717) is 34.3 Å². The lowest BCUT2D eigenvalue weighted by Gasteiger charge is -2.17. The van der Waals surface area contributed by atoms with E-state index in [9.17, 15) is 9.59 Å². The van der Waals surface area contributed by atoms with E-state index in [1.807, 2.05) is 20.8 Å². The van der Waals surface area contributed by atoms with Gasteiger partial charge in [-0.25, -0.2) is 9.69 Å². The topological polar surface area (TPSA) is 98.7 Å². The van der Waals surface area contributed by atoms with Gasteiger partial charge in [-0.2, -0.15) is 0 Å². The summed E-state index contributed by atoms with van der Waals surface area (Å²) >= 11 is 0. The van der Waals surface area contributed by atoms with E-state index in [-0.39, 0.29) is 11.2 Å². The van der Waals surface area contributed by atoms with Gasteiger partial charge in [0.25, 0.3) is 0 Å². The Morgan fingerprint density at radius 2 is 1.55 bits per heavy atom. The summed E-state index contributed by atoms with van der Waals surface area (Å²) in [5, 5.41) is 3.98. The van der Waals surface area contributed by atoms with Crippen LogP contribution in [0.1, 0.15) is 43.8 Å². The summed E-state index contributed by atoms with van der Waals surface area (Å²) in [5.74, 6) is 2.13. The van der Waals surface area contributed by atoms with Crippen molar-refractivity contribution in [1.29, 1.82) is 0 Å². The van der Waals surface area contributed by atoms with Crippen LogP contribution < -0.4 is 15.4 Å². The van der Waals surface area contributed by atoms with Gasteiger partial charge in [0.1, 0.15) is 17.3 Å². The van der Waals surface area contributed by atoms with Crippen molar-refractivity contribution in [3.63, 3.8) is 0 Å². The van der Waals surface area contributed by atoms with Gasteiger partial charge in [-0.15, -0.1) is 0 Å². The molecule has 7 nitrogen and oxygen atoms in total. The summed E-state index contributed by atoms with van der Waals surface area (Å²) in [6, 6.07) is 14.7. The van der Waals surface area contributed by atoms with Crippen molar-refractivity contribution in [2.45, 2.75) is 33.1 Å². The Hall–Kier alpha value is -3.61. The molecule has 0 aliphatic rings. The second-order valence-corrected chi connectivity index (χ2v) is 7.65. The molecule has 3 rings (SSSR count). The molecule has 2 aromatic carbocycles. The number of anilines is 2. The van der Waals surface area contributed by atoms with Crippen LogP contribution in [-0.2, 0) is 5.41 Å². The number of ketones is 1. The zero-order chi connectivity index (χ0) is 21.2. The lowest BCUT2D eigenvalue weighted by molar-refractivity contribution is 0.101. The SMILES string of the molecule is CC(=O)c1ccc(Oc2ccc(N(C(N)=O)c3cc(C(C)(C)C)on3)cc2)cc1. The third kappa shape index (κ3) is 4.63. The van der Waals surface area contributed by atoms with Crippen LogP contribution in [0.4, 0.5) is 16.3 Å². The molecule has 0 bridgehead atoms. The zero-order valence-electron chi connectivity index (χ0n) is 16.8. The molecule has 0 aliphatic carbocycles. The Bertz CT molecular complexity index is 1020. The maximum absolute atomic E-state index is 12.0. The molecule has 1 heterocycles. The Morgan fingerprint density at radius 1 is 1.00 bits per heavy atom. The normalized spacial score (nSPS) is 11.2. The molecule has 150 valence electrons. The number of hydrogen-bond acceptors (Lipinski definition) is 5. The highest BCUT2D eigenvalue weighted by Gasteiger charge is 2.24. The molecule has 29 heavy (non-hydrogen) atoms. The summed E-state index contributed by atoms with van der Waals surface area (Å²) in [7, 11) is 0. The Morgan fingerprint density at radius 3 is 2.00 bits per heavy atom. The number of carbonyl (C=O) groups is 2. The van der Waals surface area contributed by atoms with Crippen LogP contribution in [0.5, 0.6) is 11.5 Å². The highest BCUT2D eigenvalue weighted by Crippen LogP contribution is 2.31. The predicted molar refractivity (Wildman–Crippen MR) is 110 cm³/mol. The highest BCUT2D eigenvalue weighted by atomic mass is 16.5. The van der Waals surface area contributed by atoms with Gasteiger partial charge in [-0.3, -0.25) is 4.79 Å². The van der Waals surface area contributed by atoms with Gasteiger partial charge in [0.05, 0.1) is 5.69 Å². The summed E-state index contributed by atoms with van der Waals surface area (Å²) in [5.41, 5.74) is 6.47. The van der Waals surface area contributed by atoms with Gasteiger partial charge >= 0.3 is 6.03 Å². The van der Waals surface area contributed by atoms with Crippen LogP contribution in [0.3, 0.4) is 0 Å². The number of aromatic nitrogens is 1. The predicted octanol–water partition coefficient (Wildman–Crippen LogP) is 5.18. The van der Waals surface area contributed by atoms with E-state index in [4.69, 9.17) is 15.0 Å². The molecule has 1 aromatic heterocycles. The van der Waals surface area contributed by atoms with Crippen molar-refractivity contribution < 1.29 is 18.8 Å². The van der Waals surface area contributed by atoms with Crippen molar-refractivity contribution in [1.82, 2.24) is 5.16 Å². The largest absolute Gasteiger partial charge is 0.457 e. The first-order valence-electron chi connectivity index (χ1n) is 9.11. The lowest BCUT2D eigenvalue weighted by atomic mass is 9.93. The van der Waals surface area contributed by atoms with Gasteiger partial charge < -0.3 is 15.0 Å². The maximum atomic E-state index is 12.0. The number of hydrogen-bond donors (Lipinski definition) is 1. The number of nitrogens with two attached hydrogens (primary N) is 1. The number of benzene rings is 2. The van der Waals surface area contributed by atoms with Crippen LogP contribution in [0, 0.1) is 0 Å². The van der Waals surface area contributed by atoms with Crippen molar-refractivity contribution in [3.05, 3.63) is 65.9 Å². The number of carbonyl (C=O) groups excluding carboxylic acids is 2. The quantitative estimate of drug-likeness (QED) is 0.602. The van der Waals surface area contributed by atoms with Crippen LogP contribution in [0.15, 0.2) is 59.1 Å². The molecule has 0 saturated carbocycles. The highest BCUT2D eigenvalue weighted by molar-refractivity contribution is 5.97. The van der Waals surface area contributed by atoms with Gasteiger partial charge in [0.15, 0.2) is 11.6 Å². The van der Waals surface area contributed by atoms with Gasteiger partial charge in [0, 0.05) is 17.0 Å². The second kappa shape index (κ2) is 7.79. The first-order valence-corrected chi connectivity index (χ1v) is 9.11. The molecule has 0 atom stereocenters. The maximum Gasteiger partial charge on any atom is 0.325 e. The number of ether oxygens (including phenoxy) is 1. The lowest BCUT2D eigenvalue weighted by Crippen LogP contribution is -2.31. The van der Waals surface area contributed by atoms with Crippen LogP contribution >= 0.6 is 0 Å². The van der Waals surface area contributed by atoms with E-state index in [0.717, 1.165) is 0 Å². The zero-order valence-corrected chi connectivity index (χ0v) is 16.8. The van der Waals surface area contributed by atoms with Crippen LogP contribution in [0.25, 0.3) is 0 Å². The van der Waals surface area contributed by atoms with E-state index < -0.39 is 6.03 Å². The summed E-state index contributed by atoms with van der Waals surface area (Å²) in [6.45, 7) is 7.47. The smallest absolute Gasteiger partial charge is 0.325 e. The molecule has 0 radical (unpaired) electrons. The number of primary amides is 1.